The van der Waals surface area contributed by atoms with E-state index in [1.165, 1.54) is 6.07 Å². The molecule has 1 aliphatic carbocycles. The fourth-order valence-corrected chi connectivity index (χ4v) is 5.30. The van der Waals surface area contributed by atoms with Crippen LogP contribution in [0, 0.1) is 0 Å². The monoisotopic (exact) mass is 436 g/mol. The number of alkyl halides is 2. The van der Waals surface area contributed by atoms with Gasteiger partial charge in [-0.1, -0.05) is 0 Å². The van der Waals surface area contributed by atoms with E-state index in [0.717, 1.165) is 24.1 Å². The van der Waals surface area contributed by atoms with E-state index in [9.17, 15) is 17.2 Å². The predicted octanol–water partition coefficient (Wildman–Crippen LogP) is 1.88. The molecule has 2 aromatic heterocycles. The van der Waals surface area contributed by atoms with Gasteiger partial charge in [-0.15, -0.1) is 5.10 Å². The first-order valence-electron chi connectivity index (χ1n) is 10.1. The van der Waals surface area contributed by atoms with Crippen LogP contribution >= 0.6 is 0 Å². The molecule has 0 amide bonds. The van der Waals surface area contributed by atoms with Crippen molar-refractivity contribution in [3.8, 4) is 0 Å². The van der Waals surface area contributed by atoms with Gasteiger partial charge in [0, 0.05) is 44.6 Å². The molecule has 160 valence electrons. The van der Waals surface area contributed by atoms with E-state index in [4.69, 9.17) is 0 Å². The zero-order valence-electron chi connectivity index (χ0n) is 16.3. The fourth-order valence-electron chi connectivity index (χ4n) is 3.93. The molecule has 1 saturated heterocycles. The molecule has 4 heterocycles. The van der Waals surface area contributed by atoms with Crippen molar-refractivity contribution in [3.63, 3.8) is 0 Å². The summed E-state index contributed by atoms with van der Waals surface area (Å²) in [5.41, 5.74) is 1.26. The van der Waals surface area contributed by atoms with E-state index >= 15 is 0 Å². The van der Waals surface area contributed by atoms with Crippen LogP contribution in [0.3, 0.4) is 0 Å². The molecule has 0 unspecified atom stereocenters. The maximum Gasteiger partial charge on any atom is 0.280 e. The summed E-state index contributed by atoms with van der Waals surface area (Å²) in [6, 6.07) is 3.20. The Morgan fingerprint density at radius 2 is 1.67 bits per heavy atom. The molecule has 2 aromatic rings. The standard InChI is InChI=1S/C19H22F2N6O2S/c20-18(21)15-10-16(23-19(22-15)12-1-2-12)26-4-6-27(7-5-26)17-9-13-11-30(28,29)8-3-14(13)24-25-17/h9-10,12,18H,1-8,11H2. The Morgan fingerprint density at radius 1 is 0.967 bits per heavy atom. The number of halogens is 2. The summed E-state index contributed by atoms with van der Waals surface area (Å²) in [5, 5.41) is 8.51. The molecule has 0 aromatic carbocycles. The third-order valence-corrected chi connectivity index (χ3v) is 7.39. The largest absolute Gasteiger partial charge is 0.353 e. The number of aryl methyl sites for hydroxylation is 1. The smallest absolute Gasteiger partial charge is 0.280 e. The van der Waals surface area contributed by atoms with Gasteiger partial charge >= 0.3 is 0 Å². The van der Waals surface area contributed by atoms with Crippen LogP contribution in [0.25, 0.3) is 0 Å². The lowest BCUT2D eigenvalue weighted by Gasteiger charge is -2.36. The summed E-state index contributed by atoms with van der Waals surface area (Å²) in [7, 11) is -3.08. The lowest BCUT2D eigenvalue weighted by atomic mass is 10.2. The summed E-state index contributed by atoms with van der Waals surface area (Å²) < 4.78 is 50.4. The number of anilines is 2. The quantitative estimate of drug-likeness (QED) is 0.718. The number of rotatable bonds is 4. The Balaban J connectivity index is 1.31. The molecule has 1 saturated carbocycles. The predicted molar refractivity (Wildman–Crippen MR) is 107 cm³/mol. The van der Waals surface area contributed by atoms with Crippen LogP contribution in [0.4, 0.5) is 20.4 Å². The maximum absolute atomic E-state index is 13.3. The zero-order chi connectivity index (χ0) is 20.9. The van der Waals surface area contributed by atoms with Crippen LogP contribution in [0.5, 0.6) is 0 Å². The molecule has 0 bridgehead atoms. The van der Waals surface area contributed by atoms with Gasteiger partial charge in [-0.3, -0.25) is 0 Å². The lowest BCUT2D eigenvalue weighted by molar-refractivity contribution is 0.145. The average molecular weight is 436 g/mol. The van der Waals surface area contributed by atoms with Crippen molar-refractivity contribution in [1.29, 1.82) is 0 Å². The minimum atomic E-state index is -3.08. The highest BCUT2D eigenvalue weighted by atomic mass is 32.2. The number of hydrogen-bond acceptors (Lipinski definition) is 8. The first kappa shape index (κ1) is 19.5. The van der Waals surface area contributed by atoms with Gasteiger partial charge in [0.1, 0.15) is 17.3 Å². The number of nitrogens with zero attached hydrogens (tertiary/aromatic N) is 6. The Morgan fingerprint density at radius 3 is 2.33 bits per heavy atom. The Bertz CT molecular complexity index is 1050. The molecule has 0 N–H and O–H groups in total. The Kier molecular flexibility index (Phi) is 4.79. The van der Waals surface area contributed by atoms with Gasteiger partial charge in [-0.2, -0.15) is 5.10 Å². The Hall–Kier alpha value is -2.43. The van der Waals surface area contributed by atoms with Crippen molar-refractivity contribution in [3.05, 3.63) is 34.9 Å². The molecule has 11 heteroatoms. The number of piperazine rings is 1. The van der Waals surface area contributed by atoms with E-state index in [-0.39, 0.29) is 23.1 Å². The fraction of sp³-hybridized carbons (Fsp3) is 0.579. The number of fused-ring (bicyclic) bond motifs is 1. The Labute approximate surface area is 173 Å². The van der Waals surface area contributed by atoms with Crippen molar-refractivity contribution in [2.24, 2.45) is 0 Å². The first-order chi connectivity index (χ1) is 14.4. The van der Waals surface area contributed by atoms with E-state index in [1.807, 2.05) is 15.9 Å². The average Bonchev–Trinajstić information content (AvgIpc) is 3.58. The highest BCUT2D eigenvalue weighted by Gasteiger charge is 2.30. The number of aromatic nitrogens is 4. The van der Waals surface area contributed by atoms with Gasteiger partial charge in [0.25, 0.3) is 6.43 Å². The van der Waals surface area contributed by atoms with Crippen LogP contribution in [0.15, 0.2) is 12.1 Å². The van der Waals surface area contributed by atoms with Gasteiger partial charge in [-0.25, -0.2) is 27.2 Å². The second-order valence-electron chi connectivity index (χ2n) is 8.07. The molecule has 0 atom stereocenters. The second-order valence-corrected chi connectivity index (χ2v) is 10.3. The molecule has 2 aliphatic heterocycles. The van der Waals surface area contributed by atoms with Crippen LogP contribution < -0.4 is 9.80 Å². The van der Waals surface area contributed by atoms with Gasteiger partial charge in [-0.05, 0) is 24.5 Å². The van der Waals surface area contributed by atoms with Gasteiger partial charge in [0.15, 0.2) is 15.7 Å². The summed E-state index contributed by atoms with van der Waals surface area (Å²) >= 11 is 0. The second kappa shape index (κ2) is 7.36. The summed E-state index contributed by atoms with van der Waals surface area (Å²) in [5.74, 6) is 2.05. The van der Waals surface area contributed by atoms with Crippen molar-refractivity contribution in [1.82, 2.24) is 20.2 Å². The molecule has 3 aliphatic rings. The van der Waals surface area contributed by atoms with E-state index < -0.39 is 16.3 Å². The zero-order valence-corrected chi connectivity index (χ0v) is 17.2. The molecule has 0 spiro atoms. The number of hydrogen-bond donors (Lipinski definition) is 0. The lowest BCUT2D eigenvalue weighted by Crippen LogP contribution is -2.47. The normalized spacial score (nSPS) is 21.0. The van der Waals surface area contributed by atoms with Crippen molar-refractivity contribution < 1.29 is 17.2 Å². The summed E-state index contributed by atoms with van der Waals surface area (Å²) in [6.45, 7) is 2.43. The van der Waals surface area contributed by atoms with Gasteiger partial charge in [0.2, 0.25) is 0 Å². The molecule has 0 radical (unpaired) electrons. The first-order valence-corrected chi connectivity index (χ1v) is 11.9. The topological polar surface area (TPSA) is 92.2 Å². The van der Waals surface area contributed by atoms with Crippen molar-refractivity contribution >= 4 is 21.5 Å². The third kappa shape index (κ3) is 3.94. The minimum absolute atomic E-state index is 0.00605. The molecule has 30 heavy (non-hydrogen) atoms. The van der Waals surface area contributed by atoms with Crippen molar-refractivity contribution in [2.45, 2.75) is 37.4 Å². The number of sulfone groups is 1. The van der Waals surface area contributed by atoms with Gasteiger partial charge in [0.05, 0.1) is 17.2 Å². The summed E-state index contributed by atoms with van der Waals surface area (Å²) in [4.78, 5) is 12.6. The van der Waals surface area contributed by atoms with Gasteiger partial charge < -0.3 is 9.80 Å². The molecule has 5 rings (SSSR count). The van der Waals surface area contributed by atoms with Crippen LogP contribution in [0.2, 0.25) is 0 Å². The maximum atomic E-state index is 13.3. The third-order valence-electron chi connectivity index (χ3n) is 5.82. The molecular formula is C19H22F2N6O2S. The SMILES string of the molecule is O=S1(=O)CCc2nnc(N3CCN(c4cc(C(F)F)nc(C5CC5)n4)CC3)cc2C1. The van der Waals surface area contributed by atoms with Crippen LogP contribution in [-0.4, -0.2) is 60.5 Å². The van der Waals surface area contributed by atoms with Crippen LogP contribution in [-0.2, 0) is 22.0 Å². The molecule has 2 fully saturated rings. The summed E-state index contributed by atoms with van der Waals surface area (Å²) in [6.07, 6.45) is -0.311. The molecular weight excluding hydrogens is 414 g/mol. The highest BCUT2D eigenvalue weighted by Crippen LogP contribution is 2.39. The van der Waals surface area contributed by atoms with E-state index in [1.54, 1.807) is 0 Å². The van der Waals surface area contributed by atoms with E-state index in [0.29, 0.717) is 50.1 Å². The van der Waals surface area contributed by atoms with Crippen molar-refractivity contribution in [2.75, 3.05) is 41.7 Å². The van der Waals surface area contributed by atoms with Crippen LogP contribution in [0.1, 0.15) is 48.0 Å². The van der Waals surface area contributed by atoms with E-state index in [2.05, 4.69) is 20.2 Å². The molecule has 8 nitrogen and oxygen atoms in total. The minimum Gasteiger partial charge on any atom is -0.353 e. The highest BCUT2D eigenvalue weighted by molar-refractivity contribution is 7.90.